The van der Waals surface area contributed by atoms with Crippen LogP contribution in [0.25, 0.3) is 0 Å². The zero-order valence-electron chi connectivity index (χ0n) is 11.2. The summed E-state index contributed by atoms with van der Waals surface area (Å²) in [6.45, 7) is 5.24. The van der Waals surface area contributed by atoms with E-state index in [2.05, 4.69) is 23.3 Å². The summed E-state index contributed by atoms with van der Waals surface area (Å²) in [5.74, 6) is -0.0509. The third-order valence-corrected chi connectivity index (χ3v) is 2.42. The van der Waals surface area contributed by atoms with E-state index in [-0.39, 0.29) is 25.0 Å². The van der Waals surface area contributed by atoms with E-state index >= 15 is 0 Å². The third kappa shape index (κ3) is 8.68. The van der Waals surface area contributed by atoms with E-state index in [1.165, 1.54) is 14.2 Å². The Hall–Kier alpha value is -1.10. The number of ether oxygens (including phenoxy) is 2. The Bertz CT molecular complexity index is 223. The van der Waals surface area contributed by atoms with Gasteiger partial charge in [0.05, 0.1) is 27.3 Å². The summed E-state index contributed by atoms with van der Waals surface area (Å²) in [5, 5.41) is 0. The van der Waals surface area contributed by atoms with E-state index in [1.807, 2.05) is 0 Å². The van der Waals surface area contributed by atoms with Crippen LogP contribution in [0.4, 0.5) is 0 Å². The van der Waals surface area contributed by atoms with Gasteiger partial charge in [0.25, 0.3) is 0 Å². The Kier molecular flexibility index (Phi) is 8.40. The second kappa shape index (κ2) is 8.98. The number of hydrogen-bond donors (Lipinski definition) is 0. The Labute approximate surface area is 103 Å². The van der Waals surface area contributed by atoms with Crippen molar-refractivity contribution in [2.24, 2.45) is 5.92 Å². The van der Waals surface area contributed by atoms with Gasteiger partial charge in [0.2, 0.25) is 0 Å². The van der Waals surface area contributed by atoms with Crippen molar-refractivity contribution in [2.45, 2.75) is 26.7 Å². The molecule has 5 heteroatoms. The van der Waals surface area contributed by atoms with Crippen LogP contribution in [0, 0.1) is 5.92 Å². The van der Waals surface area contributed by atoms with Crippen molar-refractivity contribution in [3.8, 4) is 0 Å². The highest BCUT2D eigenvalue weighted by Crippen LogP contribution is 2.05. The number of hydrogen-bond acceptors (Lipinski definition) is 5. The molecule has 0 aliphatic carbocycles. The number of rotatable bonds is 8. The average Bonchev–Trinajstić information content (AvgIpc) is 2.27. The van der Waals surface area contributed by atoms with Crippen molar-refractivity contribution in [1.29, 1.82) is 0 Å². The molecule has 0 heterocycles. The smallest absolute Gasteiger partial charge is 0.319 e. The maximum atomic E-state index is 11.2. The number of esters is 2. The fourth-order valence-electron chi connectivity index (χ4n) is 1.43. The predicted octanol–water partition coefficient (Wildman–Crippen LogP) is 1.07. The molecule has 0 rings (SSSR count). The van der Waals surface area contributed by atoms with Crippen molar-refractivity contribution in [2.75, 3.05) is 33.9 Å². The van der Waals surface area contributed by atoms with Gasteiger partial charge < -0.3 is 9.47 Å². The molecule has 0 bridgehead atoms. The molecule has 0 aliphatic heterocycles. The van der Waals surface area contributed by atoms with E-state index in [1.54, 1.807) is 4.90 Å². The molecule has 0 aromatic heterocycles. The minimum absolute atomic E-state index is 0.129. The van der Waals surface area contributed by atoms with E-state index in [9.17, 15) is 9.59 Å². The molecular weight excluding hydrogens is 222 g/mol. The van der Waals surface area contributed by atoms with E-state index in [4.69, 9.17) is 0 Å². The van der Waals surface area contributed by atoms with Gasteiger partial charge in [0.15, 0.2) is 0 Å². The van der Waals surface area contributed by atoms with Crippen molar-refractivity contribution in [3.05, 3.63) is 0 Å². The van der Waals surface area contributed by atoms with Crippen LogP contribution in [0.15, 0.2) is 0 Å². The molecular formula is C12H23NO4. The molecule has 0 unspecified atom stereocenters. The van der Waals surface area contributed by atoms with Crippen LogP contribution in [0.2, 0.25) is 0 Å². The summed E-state index contributed by atoms with van der Waals surface area (Å²) >= 11 is 0. The molecule has 0 saturated carbocycles. The number of carbonyl (C=O) groups is 2. The zero-order valence-corrected chi connectivity index (χ0v) is 11.2. The highest BCUT2D eigenvalue weighted by atomic mass is 16.5. The minimum atomic E-state index is -0.335. The molecule has 17 heavy (non-hydrogen) atoms. The first-order chi connectivity index (χ1) is 7.99. The Morgan fingerprint density at radius 1 is 1.06 bits per heavy atom. The number of methoxy groups -OCH3 is 2. The van der Waals surface area contributed by atoms with Crippen molar-refractivity contribution in [1.82, 2.24) is 4.90 Å². The highest BCUT2D eigenvalue weighted by Gasteiger charge is 2.14. The standard InChI is InChI=1S/C12H23NO4/c1-10(2)6-5-7-13(8-11(14)16-3)9-12(15)17-4/h10H,5-9H2,1-4H3. The van der Waals surface area contributed by atoms with Crippen LogP contribution in [0.5, 0.6) is 0 Å². The predicted molar refractivity (Wildman–Crippen MR) is 64.5 cm³/mol. The van der Waals surface area contributed by atoms with Crippen LogP contribution >= 0.6 is 0 Å². The van der Waals surface area contributed by atoms with Crippen LogP contribution in [-0.2, 0) is 19.1 Å². The van der Waals surface area contributed by atoms with Gasteiger partial charge in [-0.2, -0.15) is 0 Å². The fourth-order valence-corrected chi connectivity index (χ4v) is 1.43. The van der Waals surface area contributed by atoms with E-state index in [0.29, 0.717) is 12.5 Å². The van der Waals surface area contributed by atoms with Crippen LogP contribution in [-0.4, -0.2) is 50.7 Å². The topological polar surface area (TPSA) is 55.8 Å². The van der Waals surface area contributed by atoms with E-state index in [0.717, 1.165) is 12.8 Å². The maximum Gasteiger partial charge on any atom is 0.319 e. The van der Waals surface area contributed by atoms with Gasteiger partial charge >= 0.3 is 11.9 Å². The highest BCUT2D eigenvalue weighted by molar-refractivity contribution is 5.74. The van der Waals surface area contributed by atoms with Gasteiger partial charge in [0.1, 0.15) is 0 Å². The van der Waals surface area contributed by atoms with Crippen molar-refractivity contribution in [3.63, 3.8) is 0 Å². The molecule has 0 N–H and O–H groups in total. The van der Waals surface area contributed by atoms with Gasteiger partial charge in [-0.05, 0) is 25.3 Å². The second-order valence-electron chi connectivity index (χ2n) is 4.40. The van der Waals surface area contributed by atoms with Crippen LogP contribution < -0.4 is 0 Å². The lowest BCUT2D eigenvalue weighted by Gasteiger charge is -2.19. The quantitative estimate of drug-likeness (QED) is 0.599. The molecule has 0 spiro atoms. The summed E-state index contributed by atoms with van der Waals surface area (Å²) in [6.07, 6.45) is 2.02. The zero-order chi connectivity index (χ0) is 13.3. The lowest BCUT2D eigenvalue weighted by molar-refractivity contribution is -0.145. The second-order valence-corrected chi connectivity index (χ2v) is 4.40. The summed E-state index contributed by atoms with van der Waals surface area (Å²) in [4.78, 5) is 24.1. The third-order valence-electron chi connectivity index (χ3n) is 2.42. The monoisotopic (exact) mass is 245 g/mol. The lowest BCUT2D eigenvalue weighted by Crippen LogP contribution is -2.36. The Balaban J connectivity index is 4.10. The summed E-state index contributed by atoms with van der Waals surface area (Å²) < 4.78 is 9.18. The van der Waals surface area contributed by atoms with Crippen molar-refractivity contribution >= 4 is 11.9 Å². The summed E-state index contributed by atoms with van der Waals surface area (Å²) in [7, 11) is 2.68. The van der Waals surface area contributed by atoms with Gasteiger partial charge in [-0.1, -0.05) is 13.8 Å². The first-order valence-corrected chi connectivity index (χ1v) is 5.85. The SMILES string of the molecule is COC(=O)CN(CCCC(C)C)CC(=O)OC. The minimum Gasteiger partial charge on any atom is -0.468 e. The summed E-state index contributed by atoms with van der Waals surface area (Å²) in [6, 6.07) is 0. The number of nitrogens with zero attached hydrogens (tertiary/aromatic N) is 1. The van der Waals surface area contributed by atoms with Gasteiger partial charge in [-0.15, -0.1) is 0 Å². The molecule has 5 nitrogen and oxygen atoms in total. The largest absolute Gasteiger partial charge is 0.468 e. The van der Waals surface area contributed by atoms with Crippen molar-refractivity contribution < 1.29 is 19.1 Å². The summed E-state index contributed by atoms with van der Waals surface area (Å²) in [5.41, 5.74) is 0. The Morgan fingerprint density at radius 3 is 1.88 bits per heavy atom. The molecule has 0 amide bonds. The molecule has 0 radical (unpaired) electrons. The van der Waals surface area contributed by atoms with Gasteiger partial charge in [-0.25, -0.2) is 0 Å². The Morgan fingerprint density at radius 2 is 1.53 bits per heavy atom. The van der Waals surface area contributed by atoms with Gasteiger partial charge in [-0.3, -0.25) is 14.5 Å². The first-order valence-electron chi connectivity index (χ1n) is 5.85. The molecule has 100 valence electrons. The molecule has 0 fully saturated rings. The normalized spacial score (nSPS) is 10.7. The van der Waals surface area contributed by atoms with Crippen LogP contribution in [0.1, 0.15) is 26.7 Å². The molecule has 0 aromatic rings. The van der Waals surface area contributed by atoms with Crippen LogP contribution in [0.3, 0.4) is 0 Å². The maximum absolute atomic E-state index is 11.2. The molecule has 0 aliphatic rings. The first kappa shape index (κ1) is 15.9. The lowest BCUT2D eigenvalue weighted by atomic mass is 10.1. The fraction of sp³-hybridized carbons (Fsp3) is 0.833. The number of carbonyl (C=O) groups excluding carboxylic acids is 2. The average molecular weight is 245 g/mol. The molecule has 0 aromatic carbocycles. The van der Waals surface area contributed by atoms with E-state index < -0.39 is 0 Å². The van der Waals surface area contributed by atoms with Gasteiger partial charge in [0, 0.05) is 0 Å². The molecule has 0 atom stereocenters. The molecule has 0 saturated heterocycles.